The summed E-state index contributed by atoms with van der Waals surface area (Å²) in [5, 5.41) is 24.7. The number of rotatable bonds is 8. The first-order chi connectivity index (χ1) is 41.8. The predicted octanol–water partition coefficient (Wildman–Crippen LogP) is 17.4. The van der Waals surface area contributed by atoms with Crippen LogP contribution in [-0.2, 0) is 9.31 Å². The first-order valence-electron chi connectivity index (χ1n) is 28.1. The minimum Gasteiger partial charge on any atom is -0.504 e. The molecule has 0 amide bonds. The highest BCUT2D eigenvalue weighted by atomic mass is 79.9. The first kappa shape index (κ1) is 55.1. The topological polar surface area (TPSA) is 163 Å². The van der Waals surface area contributed by atoms with Crippen LogP contribution in [0.5, 0.6) is 11.5 Å². The molecular weight excluding hydrogens is 1140 g/mol. The lowest BCUT2D eigenvalue weighted by atomic mass is 9.79. The Labute approximate surface area is 504 Å². The van der Waals surface area contributed by atoms with Gasteiger partial charge in [0.1, 0.15) is 11.2 Å². The van der Waals surface area contributed by atoms with E-state index in [1.54, 1.807) is 0 Å². The molecule has 0 spiro atoms. The molecule has 14 aromatic rings. The third-order valence-electron chi connectivity index (χ3n) is 15.5. The lowest BCUT2D eigenvalue weighted by Crippen LogP contribution is -2.41. The smallest absolute Gasteiger partial charge is 0.494 e. The van der Waals surface area contributed by atoms with Gasteiger partial charge in [0.05, 0.1) is 15.7 Å². The Bertz CT molecular complexity index is 4610. The molecule has 0 bridgehead atoms. The van der Waals surface area contributed by atoms with Crippen LogP contribution in [0.15, 0.2) is 256 Å². The molecule has 0 atom stereocenters. The number of hydrogen-bond donors (Lipinski definition) is 2. The van der Waals surface area contributed by atoms with Gasteiger partial charge in [0.25, 0.3) is 0 Å². The van der Waals surface area contributed by atoms with Gasteiger partial charge >= 0.3 is 7.12 Å². The van der Waals surface area contributed by atoms with Crippen molar-refractivity contribution in [2.45, 2.75) is 38.9 Å². The van der Waals surface area contributed by atoms with Crippen LogP contribution < -0.4 is 5.46 Å². The quantitative estimate of drug-likeness (QED) is 0.139. The number of fused-ring (bicyclic) bond motifs is 6. The Balaban J connectivity index is 0.000000130. The second kappa shape index (κ2) is 23.2. The number of aromatic nitrogens is 6. The van der Waals surface area contributed by atoms with E-state index >= 15 is 0 Å². The lowest BCUT2D eigenvalue weighted by molar-refractivity contribution is 0.00578. The highest BCUT2D eigenvalue weighted by molar-refractivity contribution is 9.10. The van der Waals surface area contributed by atoms with Gasteiger partial charge in [-0.15, -0.1) is 0 Å². The first-order valence-corrected chi connectivity index (χ1v) is 28.9. The van der Waals surface area contributed by atoms with Gasteiger partial charge in [-0.1, -0.05) is 206 Å². The Morgan fingerprint density at radius 1 is 0.326 bits per heavy atom. The molecule has 0 saturated carbocycles. The molecule has 10 aromatic carbocycles. The van der Waals surface area contributed by atoms with Crippen molar-refractivity contribution in [2.75, 3.05) is 0 Å². The van der Waals surface area contributed by atoms with Crippen LogP contribution >= 0.6 is 15.9 Å². The molecule has 86 heavy (non-hydrogen) atoms. The van der Waals surface area contributed by atoms with Gasteiger partial charge in [-0.05, 0) is 91.0 Å². The monoisotopic (exact) mass is 1190 g/mol. The molecule has 5 heterocycles. The summed E-state index contributed by atoms with van der Waals surface area (Å²) < 4.78 is 24.6. The molecular formula is C72H54BBrN6O6. The van der Waals surface area contributed by atoms with Crippen molar-refractivity contribution in [3.8, 4) is 91.0 Å². The highest BCUT2D eigenvalue weighted by Gasteiger charge is 2.51. The van der Waals surface area contributed by atoms with E-state index in [0.717, 1.165) is 77.1 Å². The summed E-state index contributed by atoms with van der Waals surface area (Å²) in [5.74, 6) is 4.03. The second-order valence-electron chi connectivity index (χ2n) is 21.7. The number of para-hydroxylation sites is 2. The fraction of sp³-hybridized carbons (Fsp3) is 0.0833. The standard InChI is InChI=1S/C33H21N3O2.C27H26BN3O2.C12H7BrO2/c37-29-25(19-20-27-26-13-7-8-14-28(26)38-30(27)29)21-15-17-24(18-16-21)33-35-31(22-9-3-1-4-10-22)34-32(36-33)23-11-5-2-6-12-23;1-26(2)27(3,4)33-28(32-26)22-17-15-21(16-18-22)25-30-23(19-11-7-5-8-12-19)29-24(31-25)20-13-9-6-10-14-20;13-9-6-5-8-7-3-1-2-4-10(7)15-12(8)11(9)14/h1-20,37H;5-18H,1-4H3;1-6,14H. The van der Waals surface area contributed by atoms with Crippen LogP contribution in [0.4, 0.5) is 0 Å². The van der Waals surface area contributed by atoms with Crippen molar-refractivity contribution in [1.82, 2.24) is 29.9 Å². The maximum atomic E-state index is 11.1. The summed E-state index contributed by atoms with van der Waals surface area (Å²) >= 11 is 3.26. The third kappa shape index (κ3) is 11.0. The maximum Gasteiger partial charge on any atom is 0.494 e. The number of nitrogens with zero attached hydrogens (tertiary/aromatic N) is 6. The van der Waals surface area contributed by atoms with Gasteiger partial charge in [0.2, 0.25) is 0 Å². The van der Waals surface area contributed by atoms with Crippen LogP contribution in [0.25, 0.3) is 123 Å². The largest absolute Gasteiger partial charge is 0.504 e. The molecule has 0 radical (unpaired) electrons. The zero-order valence-corrected chi connectivity index (χ0v) is 48.8. The Morgan fingerprint density at radius 3 is 1.03 bits per heavy atom. The van der Waals surface area contributed by atoms with Crippen LogP contribution in [0.1, 0.15) is 27.7 Å². The number of benzene rings is 10. The maximum absolute atomic E-state index is 11.1. The van der Waals surface area contributed by atoms with Crippen molar-refractivity contribution < 1.29 is 28.4 Å². The van der Waals surface area contributed by atoms with Gasteiger partial charge in [-0.3, -0.25) is 0 Å². The lowest BCUT2D eigenvalue weighted by Gasteiger charge is -2.32. The van der Waals surface area contributed by atoms with E-state index in [2.05, 4.69) is 43.6 Å². The van der Waals surface area contributed by atoms with Crippen LogP contribution in [0.2, 0.25) is 0 Å². The Hall–Kier alpha value is -10.1. The summed E-state index contributed by atoms with van der Waals surface area (Å²) in [6.45, 7) is 8.23. The molecule has 418 valence electrons. The van der Waals surface area contributed by atoms with Crippen molar-refractivity contribution in [1.29, 1.82) is 0 Å². The van der Waals surface area contributed by atoms with E-state index in [4.69, 9.17) is 48.0 Å². The van der Waals surface area contributed by atoms with E-state index in [1.807, 2.05) is 243 Å². The number of hydrogen-bond acceptors (Lipinski definition) is 12. The molecule has 0 aliphatic carbocycles. The molecule has 14 heteroatoms. The van der Waals surface area contributed by atoms with Crippen LogP contribution in [-0.4, -0.2) is 58.4 Å². The summed E-state index contributed by atoms with van der Waals surface area (Å²) in [6, 6.07) is 78.9. The molecule has 1 fully saturated rings. The van der Waals surface area contributed by atoms with Crippen molar-refractivity contribution in [3.63, 3.8) is 0 Å². The third-order valence-corrected chi connectivity index (χ3v) is 16.2. The predicted molar refractivity (Wildman–Crippen MR) is 345 cm³/mol. The summed E-state index contributed by atoms with van der Waals surface area (Å²) in [5.41, 5.74) is 9.88. The van der Waals surface area contributed by atoms with E-state index in [-0.39, 0.29) is 22.7 Å². The fourth-order valence-corrected chi connectivity index (χ4v) is 10.5. The highest BCUT2D eigenvalue weighted by Crippen LogP contribution is 2.42. The minimum absolute atomic E-state index is 0.129. The Morgan fingerprint density at radius 2 is 0.640 bits per heavy atom. The molecule has 1 saturated heterocycles. The van der Waals surface area contributed by atoms with Gasteiger partial charge in [0, 0.05) is 60.5 Å². The molecule has 1 aliphatic rings. The zero-order valence-electron chi connectivity index (χ0n) is 47.3. The average molecular weight is 1190 g/mol. The van der Waals surface area contributed by atoms with Gasteiger partial charge in [-0.25, -0.2) is 29.9 Å². The van der Waals surface area contributed by atoms with Crippen LogP contribution in [0.3, 0.4) is 0 Å². The zero-order chi connectivity index (χ0) is 58.9. The molecule has 0 unspecified atom stereocenters. The second-order valence-corrected chi connectivity index (χ2v) is 22.5. The average Bonchev–Trinajstić information content (AvgIpc) is 2.04. The number of halogens is 1. The molecule has 12 nitrogen and oxygen atoms in total. The number of phenolic OH excluding ortho intramolecular Hbond substituents is 2. The summed E-state index contributed by atoms with van der Waals surface area (Å²) in [6.07, 6.45) is 0. The van der Waals surface area contributed by atoms with E-state index in [0.29, 0.717) is 56.1 Å². The summed E-state index contributed by atoms with van der Waals surface area (Å²) in [7, 11) is -0.401. The number of phenols is 2. The van der Waals surface area contributed by atoms with Crippen LogP contribution in [0, 0.1) is 0 Å². The number of aromatic hydroxyl groups is 2. The normalized spacial score (nSPS) is 13.3. The Kier molecular flexibility index (Phi) is 14.8. The minimum atomic E-state index is -0.401. The molecule has 1 aliphatic heterocycles. The fourth-order valence-electron chi connectivity index (χ4n) is 10.2. The molecule has 4 aromatic heterocycles. The molecule has 2 N–H and O–H groups in total. The van der Waals surface area contributed by atoms with E-state index in [1.165, 1.54) is 0 Å². The van der Waals surface area contributed by atoms with Crippen molar-refractivity contribution in [3.05, 3.63) is 247 Å². The van der Waals surface area contributed by atoms with Gasteiger partial charge in [0.15, 0.2) is 57.6 Å². The molecule has 15 rings (SSSR count). The SMILES string of the molecule is CC1(C)OB(c2ccc(-c3nc(-c4ccccc4)nc(-c4ccccc4)n3)cc2)OC1(C)C.Oc1c(-c2ccc(-c3nc(-c4ccccc4)nc(-c4ccccc4)n3)cc2)ccc2c1oc1ccccc12.Oc1c(Br)ccc2c1oc1ccccc12. The van der Waals surface area contributed by atoms with Gasteiger partial charge < -0.3 is 28.4 Å². The van der Waals surface area contributed by atoms with E-state index in [9.17, 15) is 10.2 Å². The number of furan rings is 2. The van der Waals surface area contributed by atoms with E-state index < -0.39 is 7.12 Å². The van der Waals surface area contributed by atoms with Crippen molar-refractivity contribution >= 4 is 72.4 Å². The van der Waals surface area contributed by atoms with Crippen molar-refractivity contribution in [2.24, 2.45) is 0 Å². The summed E-state index contributed by atoms with van der Waals surface area (Å²) in [4.78, 5) is 28.7. The van der Waals surface area contributed by atoms with Gasteiger partial charge in [-0.2, -0.15) is 0 Å².